The van der Waals surface area contributed by atoms with Crippen molar-refractivity contribution in [3.05, 3.63) is 58.5 Å². The maximum Gasteiger partial charge on any atom is 0.251 e. The summed E-state index contributed by atoms with van der Waals surface area (Å²) in [5.41, 5.74) is 1.05. The summed E-state index contributed by atoms with van der Waals surface area (Å²) < 4.78 is 1.38. The number of rotatable bonds is 2. The van der Waals surface area contributed by atoms with E-state index in [1.807, 2.05) is 30.3 Å². The van der Waals surface area contributed by atoms with Crippen LogP contribution < -0.4 is 10.7 Å². The molecule has 6 heteroatoms. The number of carboxylic acids is 1. The third-order valence-corrected chi connectivity index (χ3v) is 2.74. The first-order valence-electron chi connectivity index (χ1n) is 5.55. The first kappa shape index (κ1) is 11.2. The van der Waals surface area contributed by atoms with E-state index in [1.54, 1.807) is 0 Å². The molecule has 3 rings (SSSR count). The van der Waals surface area contributed by atoms with E-state index in [9.17, 15) is 14.7 Å². The number of benzene rings is 1. The third-order valence-electron chi connectivity index (χ3n) is 2.74. The van der Waals surface area contributed by atoms with Crippen LogP contribution in [0.5, 0.6) is 0 Å². The van der Waals surface area contributed by atoms with E-state index >= 15 is 0 Å². The highest BCUT2D eigenvalue weighted by Gasteiger charge is 2.09. The fourth-order valence-corrected chi connectivity index (χ4v) is 1.92. The van der Waals surface area contributed by atoms with Crippen molar-refractivity contribution < 1.29 is 9.90 Å². The van der Waals surface area contributed by atoms with E-state index in [0.29, 0.717) is 11.3 Å². The van der Waals surface area contributed by atoms with Crippen LogP contribution in [0.3, 0.4) is 0 Å². The highest BCUT2D eigenvalue weighted by Crippen LogP contribution is 2.18. The molecule has 2 heterocycles. The molecular formula is C13H8N3O3-. The number of nitrogens with zero attached hydrogens (tertiary/aromatic N) is 2. The Hall–Kier alpha value is -2.89. The van der Waals surface area contributed by atoms with Crippen LogP contribution in [-0.4, -0.2) is 20.6 Å². The minimum absolute atomic E-state index is 0.223. The molecular weight excluding hydrogens is 246 g/mol. The normalized spacial score (nSPS) is 10.7. The van der Waals surface area contributed by atoms with Gasteiger partial charge in [0, 0.05) is 17.7 Å². The maximum atomic E-state index is 11.6. The van der Waals surface area contributed by atoms with Gasteiger partial charge < -0.3 is 14.9 Å². The van der Waals surface area contributed by atoms with Gasteiger partial charge in [-0.2, -0.15) is 5.10 Å². The van der Waals surface area contributed by atoms with E-state index in [4.69, 9.17) is 0 Å². The predicted molar refractivity (Wildman–Crippen MR) is 65.6 cm³/mol. The average molecular weight is 254 g/mol. The Morgan fingerprint density at radius 2 is 1.95 bits per heavy atom. The molecule has 0 bridgehead atoms. The minimum Gasteiger partial charge on any atom is -0.543 e. The lowest BCUT2D eigenvalue weighted by atomic mass is 10.1. The second-order valence-corrected chi connectivity index (χ2v) is 4.00. The van der Waals surface area contributed by atoms with Gasteiger partial charge in [-0.25, -0.2) is 4.52 Å². The number of aromatic amines is 1. The Labute approximate surface area is 106 Å². The van der Waals surface area contributed by atoms with E-state index in [1.165, 1.54) is 16.6 Å². The van der Waals surface area contributed by atoms with Gasteiger partial charge in [0.05, 0.1) is 11.7 Å². The van der Waals surface area contributed by atoms with E-state index in [2.05, 4.69) is 10.1 Å². The van der Waals surface area contributed by atoms with Gasteiger partial charge in [0.2, 0.25) is 0 Å². The smallest absolute Gasteiger partial charge is 0.251 e. The average Bonchev–Trinajstić information content (AvgIpc) is 2.82. The van der Waals surface area contributed by atoms with Gasteiger partial charge in [-0.15, -0.1) is 0 Å². The quantitative estimate of drug-likeness (QED) is 0.699. The molecule has 6 nitrogen and oxygen atoms in total. The molecule has 94 valence electrons. The molecule has 1 N–H and O–H groups in total. The van der Waals surface area contributed by atoms with E-state index in [0.717, 1.165) is 5.56 Å². The summed E-state index contributed by atoms with van der Waals surface area (Å²) >= 11 is 0. The van der Waals surface area contributed by atoms with Gasteiger partial charge in [0.15, 0.2) is 0 Å². The number of carbonyl (C=O) groups excluding carboxylic acids is 1. The number of aromatic carboxylic acids is 1. The lowest BCUT2D eigenvalue weighted by Crippen LogP contribution is -2.22. The number of hydrogen-bond donors (Lipinski definition) is 1. The van der Waals surface area contributed by atoms with Gasteiger partial charge in [-0.1, -0.05) is 30.3 Å². The van der Waals surface area contributed by atoms with Crippen molar-refractivity contribution in [2.24, 2.45) is 0 Å². The predicted octanol–water partition coefficient (Wildman–Crippen LogP) is 0.0531. The molecule has 0 saturated heterocycles. The molecule has 0 radical (unpaired) electrons. The number of aromatic nitrogens is 3. The second kappa shape index (κ2) is 4.09. The van der Waals surface area contributed by atoms with Crippen LogP contribution in [0.15, 0.2) is 47.3 Å². The molecule has 0 aliphatic heterocycles. The van der Waals surface area contributed by atoms with Crippen LogP contribution in [0.4, 0.5) is 0 Å². The van der Waals surface area contributed by atoms with Gasteiger partial charge in [0.25, 0.3) is 5.56 Å². The fraction of sp³-hybridized carbons (Fsp3) is 0. The van der Waals surface area contributed by atoms with E-state index < -0.39 is 5.97 Å². The van der Waals surface area contributed by atoms with Crippen LogP contribution in [0, 0.1) is 0 Å². The van der Waals surface area contributed by atoms with Crippen LogP contribution in [-0.2, 0) is 0 Å². The van der Waals surface area contributed by atoms with Crippen molar-refractivity contribution >= 4 is 11.6 Å². The molecule has 2 aromatic heterocycles. The Bertz CT molecular complexity index is 818. The van der Waals surface area contributed by atoms with Crippen molar-refractivity contribution in [2.75, 3.05) is 0 Å². The lowest BCUT2D eigenvalue weighted by Gasteiger charge is -2.03. The summed E-state index contributed by atoms with van der Waals surface area (Å²) in [5, 5.41) is 14.7. The molecule has 0 aliphatic carbocycles. The highest BCUT2D eigenvalue weighted by atomic mass is 16.4. The highest BCUT2D eigenvalue weighted by molar-refractivity contribution is 5.85. The zero-order valence-electron chi connectivity index (χ0n) is 9.66. The minimum atomic E-state index is -1.39. The summed E-state index contributed by atoms with van der Waals surface area (Å²) in [7, 11) is 0. The van der Waals surface area contributed by atoms with Crippen LogP contribution in [0.25, 0.3) is 16.9 Å². The van der Waals surface area contributed by atoms with Crippen molar-refractivity contribution in [3.8, 4) is 11.3 Å². The van der Waals surface area contributed by atoms with Gasteiger partial charge in [-0.3, -0.25) is 4.79 Å². The molecule has 0 amide bonds. The second-order valence-electron chi connectivity index (χ2n) is 4.00. The topological polar surface area (TPSA) is 90.3 Å². The SMILES string of the molecule is O=C([O-])c1cc2[nH]c(=O)cc(-c3ccccc3)n2n1. The van der Waals surface area contributed by atoms with Gasteiger partial charge >= 0.3 is 0 Å². The Morgan fingerprint density at radius 3 is 2.63 bits per heavy atom. The molecule has 0 atom stereocenters. The first-order valence-corrected chi connectivity index (χ1v) is 5.55. The summed E-state index contributed by atoms with van der Waals surface area (Å²) in [4.78, 5) is 25.0. The van der Waals surface area contributed by atoms with Crippen molar-refractivity contribution in [1.82, 2.24) is 14.6 Å². The fourth-order valence-electron chi connectivity index (χ4n) is 1.92. The summed E-state index contributed by atoms with van der Waals surface area (Å²) in [6.07, 6.45) is 0. The van der Waals surface area contributed by atoms with Gasteiger partial charge in [0.1, 0.15) is 11.3 Å². The Kier molecular flexibility index (Phi) is 2.42. The molecule has 0 spiro atoms. The molecule has 0 saturated carbocycles. The van der Waals surface area contributed by atoms with Gasteiger partial charge in [-0.05, 0) is 0 Å². The number of carboxylic acid groups (broad SMARTS) is 1. The van der Waals surface area contributed by atoms with Crippen molar-refractivity contribution in [3.63, 3.8) is 0 Å². The molecule has 19 heavy (non-hydrogen) atoms. The van der Waals surface area contributed by atoms with Crippen LogP contribution in [0.1, 0.15) is 10.5 Å². The maximum absolute atomic E-state index is 11.6. The molecule has 1 aromatic carbocycles. The number of nitrogens with one attached hydrogen (secondary N) is 1. The van der Waals surface area contributed by atoms with Crippen LogP contribution >= 0.6 is 0 Å². The number of carbonyl (C=O) groups is 1. The zero-order chi connectivity index (χ0) is 13.4. The largest absolute Gasteiger partial charge is 0.543 e. The van der Waals surface area contributed by atoms with E-state index in [-0.39, 0.29) is 11.3 Å². The Morgan fingerprint density at radius 1 is 1.21 bits per heavy atom. The van der Waals surface area contributed by atoms with Crippen molar-refractivity contribution in [1.29, 1.82) is 0 Å². The third kappa shape index (κ3) is 1.89. The number of fused-ring (bicyclic) bond motifs is 1. The molecule has 0 aliphatic rings. The summed E-state index contributed by atoms with van der Waals surface area (Å²) in [5.74, 6) is -1.39. The standard InChI is InChI=1S/C13H9N3O3/c17-12-7-10(8-4-2-1-3-5-8)16-11(14-12)6-9(15-16)13(18)19/h1-7H,(H,14,17)(H,18,19)/p-1. The Balaban J connectivity index is 2.35. The number of H-pyrrole nitrogens is 1. The monoisotopic (exact) mass is 254 g/mol. The molecule has 0 unspecified atom stereocenters. The molecule has 3 aromatic rings. The summed E-state index contributed by atoms with van der Waals surface area (Å²) in [6.45, 7) is 0. The number of hydrogen-bond acceptors (Lipinski definition) is 4. The van der Waals surface area contributed by atoms with Crippen molar-refractivity contribution in [2.45, 2.75) is 0 Å². The zero-order valence-corrected chi connectivity index (χ0v) is 9.66. The first-order chi connectivity index (χ1) is 9.15. The molecule has 0 fully saturated rings. The van der Waals surface area contributed by atoms with Crippen LogP contribution in [0.2, 0.25) is 0 Å². The lowest BCUT2D eigenvalue weighted by molar-refractivity contribution is -0.255. The summed E-state index contributed by atoms with van der Waals surface area (Å²) in [6, 6.07) is 11.8.